The van der Waals surface area contributed by atoms with Crippen molar-refractivity contribution in [3.8, 4) is 33.5 Å². The monoisotopic (exact) mass is 561 g/mol. The molecule has 0 bridgehead atoms. The molecule has 9 aromatic rings. The van der Waals surface area contributed by atoms with Gasteiger partial charge < -0.3 is 4.42 Å². The van der Waals surface area contributed by atoms with Crippen molar-refractivity contribution in [2.24, 2.45) is 0 Å². The van der Waals surface area contributed by atoms with E-state index in [1.54, 1.807) is 0 Å². The maximum Gasteiger partial charge on any atom is 0.180 e. The SMILES string of the molecule is [2H]c1c([2H])c([2H])c2c(sc3c(-c4cccc(-c5ncnc6c5oc5ccc(-c7ccc8ccccc8c7)cc56)c4)c([2H])c([2H])c([2H])c32)c1[2H]. The zero-order valence-electron chi connectivity index (χ0n) is 28.9. The van der Waals surface area contributed by atoms with Gasteiger partial charge in [0.15, 0.2) is 5.58 Å². The maximum absolute atomic E-state index is 8.92. The number of hydrogen-bond acceptors (Lipinski definition) is 4. The quantitative estimate of drug-likeness (QED) is 0.215. The van der Waals surface area contributed by atoms with Crippen molar-refractivity contribution in [3.05, 3.63) is 134 Å². The van der Waals surface area contributed by atoms with Crippen LogP contribution in [0.4, 0.5) is 0 Å². The van der Waals surface area contributed by atoms with E-state index in [0.29, 0.717) is 48.5 Å². The Kier molecular flexibility index (Phi) is 3.79. The van der Waals surface area contributed by atoms with Crippen LogP contribution in [0.25, 0.3) is 86.5 Å². The molecule has 0 unspecified atom stereocenters. The number of rotatable bonds is 3. The average molecular weight is 562 g/mol. The third-order valence-electron chi connectivity index (χ3n) is 7.69. The van der Waals surface area contributed by atoms with E-state index in [1.165, 1.54) is 11.7 Å². The molecule has 0 fully saturated rings. The molecule has 0 saturated carbocycles. The lowest BCUT2D eigenvalue weighted by molar-refractivity contribution is 0.667. The van der Waals surface area contributed by atoms with Crippen molar-refractivity contribution >= 4 is 64.4 Å². The molecule has 6 aromatic carbocycles. The van der Waals surface area contributed by atoms with Gasteiger partial charge in [0.2, 0.25) is 0 Å². The van der Waals surface area contributed by atoms with Crippen LogP contribution in [0.5, 0.6) is 0 Å². The Balaban J connectivity index is 1.22. The van der Waals surface area contributed by atoms with Crippen LogP contribution in [0.1, 0.15) is 9.60 Å². The minimum atomic E-state index is -0.398. The molecule has 0 saturated heterocycles. The third kappa shape index (κ3) is 3.59. The van der Waals surface area contributed by atoms with E-state index >= 15 is 0 Å². The summed E-state index contributed by atoms with van der Waals surface area (Å²) < 4.78 is 66.9. The Hall–Kier alpha value is -5.32. The summed E-state index contributed by atoms with van der Waals surface area (Å²) in [4.78, 5) is 9.22. The fourth-order valence-corrected chi connectivity index (χ4v) is 6.77. The van der Waals surface area contributed by atoms with E-state index in [2.05, 4.69) is 46.4 Å². The molecule has 0 aliphatic carbocycles. The van der Waals surface area contributed by atoms with Crippen molar-refractivity contribution in [1.29, 1.82) is 0 Å². The van der Waals surface area contributed by atoms with Gasteiger partial charge in [-0.05, 0) is 63.3 Å². The molecule has 0 aliphatic heterocycles. The Morgan fingerprint density at radius 1 is 0.619 bits per heavy atom. The van der Waals surface area contributed by atoms with E-state index in [0.717, 1.165) is 33.2 Å². The highest BCUT2D eigenvalue weighted by molar-refractivity contribution is 7.26. The predicted molar refractivity (Wildman–Crippen MR) is 176 cm³/mol. The number of hydrogen-bond donors (Lipinski definition) is 0. The lowest BCUT2D eigenvalue weighted by Gasteiger charge is -2.07. The molecule has 196 valence electrons. The normalized spacial score (nSPS) is 14.1. The van der Waals surface area contributed by atoms with Crippen LogP contribution < -0.4 is 0 Å². The lowest BCUT2D eigenvalue weighted by Crippen LogP contribution is -1.88. The summed E-state index contributed by atoms with van der Waals surface area (Å²) in [5.41, 5.74) is 6.17. The van der Waals surface area contributed by atoms with Crippen LogP contribution in [0, 0.1) is 0 Å². The van der Waals surface area contributed by atoms with Crippen LogP contribution in [-0.4, -0.2) is 9.97 Å². The summed E-state index contributed by atoms with van der Waals surface area (Å²) in [5, 5.41) is 3.63. The Morgan fingerprint density at radius 2 is 1.45 bits per heavy atom. The van der Waals surface area contributed by atoms with Gasteiger partial charge in [-0.3, -0.25) is 0 Å². The zero-order valence-corrected chi connectivity index (χ0v) is 22.7. The fraction of sp³-hybridized carbons (Fsp3) is 0. The molecular weight excluding hydrogens is 532 g/mol. The van der Waals surface area contributed by atoms with E-state index in [9.17, 15) is 0 Å². The summed E-state index contributed by atoms with van der Waals surface area (Å²) in [6.45, 7) is 0. The number of fused-ring (bicyclic) bond motifs is 7. The fourth-order valence-electron chi connectivity index (χ4n) is 5.68. The first-order valence-corrected chi connectivity index (χ1v) is 14.2. The second-order valence-corrected chi connectivity index (χ2v) is 11.1. The molecule has 3 aromatic heterocycles. The van der Waals surface area contributed by atoms with Gasteiger partial charge in [0.25, 0.3) is 0 Å². The number of benzene rings is 6. The van der Waals surface area contributed by atoms with Crippen molar-refractivity contribution in [3.63, 3.8) is 0 Å². The maximum atomic E-state index is 8.92. The van der Waals surface area contributed by atoms with Crippen molar-refractivity contribution in [2.75, 3.05) is 0 Å². The van der Waals surface area contributed by atoms with E-state index in [1.807, 2.05) is 48.5 Å². The number of thiophene rings is 1. The zero-order chi connectivity index (χ0) is 33.7. The molecule has 3 nitrogen and oxygen atoms in total. The molecule has 0 radical (unpaired) electrons. The topological polar surface area (TPSA) is 38.9 Å². The second-order valence-electron chi connectivity index (χ2n) is 10.1. The number of furan rings is 1. The van der Waals surface area contributed by atoms with E-state index < -0.39 is 6.04 Å². The molecule has 0 aliphatic rings. The van der Waals surface area contributed by atoms with Gasteiger partial charge in [0.1, 0.15) is 23.1 Å². The molecular formula is C38H22N2OS. The molecule has 42 heavy (non-hydrogen) atoms. The van der Waals surface area contributed by atoms with Gasteiger partial charge in [-0.25, -0.2) is 9.97 Å². The van der Waals surface area contributed by atoms with Gasteiger partial charge in [0, 0.05) is 31.1 Å². The molecule has 0 atom stereocenters. The second kappa shape index (κ2) is 9.10. The summed E-state index contributed by atoms with van der Waals surface area (Å²) in [6, 6.07) is 26.1. The summed E-state index contributed by atoms with van der Waals surface area (Å²) in [5.74, 6) is 0. The molecule has 0 amide bonds. The summed E-state index contributed by atoms with van der Waals surface area (Å²) in [7, 11) is 0. The number of aromatic nitrogens is 2. The molecule has 4 heteroatoms. The average Bonchev–Trinajstić information content (AvgIpc) is 3.71. The van der Waals surface area contributed by atoms with Crippen molar-refractivity contribution in [1.82, 2.24) is 9.97 Å². The Labute approximate surface area is 255 Å². The molecule has 0 spiro atoms. The van der Waals surface area contributed by atoms with Gasteiger partial charge >= 0.3 is 0 Å². The lowest BCUT2D eigenvalue weighted by atomic mass is 9.99. The number of nitrogens with zero attached hydrogens (tertiary/aromatic N) is 2. The van der Waals surface area contributed by atoms with Gasteiger partial charge in [-0.2, -0.15) is 0 Å². The summed E-state index contributed by atoms with van der Waals surface area (Å²) in [6.07, 6.45) is 1.50. The van der Waals surface area contributed by atoms with Crippen LogP contribution in [0.15, 0.2) is 138 Å². The smallest absolute Gasteiger partial charge is 0.180 e. The molecule has 9 rings (SSSR count). The van der Waals surface area contributed by atoms with Crippen LogP contribution in [-0.2, 0) is 0 Å². The standard InChI is InChI=1S/C38H22N2OS/c1-2-8-24-19-25(16-15-23(24)7-1)26-17-18-33-32(21-26)36-37(41-33)35(39-22-40-36)28-10-5-9-27(20-28)29-12-6-13-31-30-11-3-4-14-34(30)42-38(29)31/h1-22H/i3D,4D,6D,11D,12D,13D,14D. The van der Waals surface area contributed by atoms with Crippen LogP contribution in [0.2, 0.25) is 0 Å². The Bertz CT molecular complexity index is 2880. The summed E-state index contributed by atoms with van der Waals surface area (Å²) >= 11 is 1.11. The first-order valence-electron chi connectivity index (χ1n) is 16.9. The highest BCUT2D eigenvalue weighted by atomic mass is 32.1. The molecule has 0 N–H and O–H groups in total. The minimum absolute atomic E-state index is 0.158. The van der Waals surface area contributed by atoms with Gasteiger partial charge in [-0.1, -0.05) is 96.9 Å². The predicted octanol–water partition coefficient (Wildman–Crippen LogP) is 10.9. The highest BCUT2D eigenvalue weighted by Gasteiger charge is 2.17. The first kappa shape index (κ1) is 17.5. The molecule has 3 heterocycles. The largest absolute Gasteiger partial charge is 0.452 e. The van der Waals surface area contributed by atoms with Crippen molar-refractivity contribution < 1.29 is 14.0 Å². The third-order valence-corrected chi connectivity index (χ3v) is 8.82. The van der Waals surface area contributed by atoms with E-state index in [4.69, 9.17) is 14.0 Å². The van der Waals surface area contributed by atoms with Crippen LogP contribution >= 0.6 is 11.3 Å². The van der Waals surface area contributed by atoms with Gasteiger partial charge in [-0.15, -0.1) is 11.3 Å². The highest BCUT2D eigenvalue weighted by Crippen LogP contribution is 2.41. The van der Waals surface area contributed by atoms with Crippen molar-refractivity contribution in [2.45, 2.75) is 0 Å². The van der Waals surface area contributed by atoms with Crippen LogP contribution in [0.3, 0.4) is 0 Å². The van der Waals surface area contributed by atoms with E-state index in [-0.39, 0.29) is 47.0 Å². The Morgan fingerprint density at radius 3 is 2.43 bits per heavy atom. The minimum Gasteiger partial charge on any atom is -0.452 e. The first-order chi connectivity index (χ1) is 23.7. The van der Waals surface area contributed by atoms with Gasteiger partial charge in [0.05, 0.1) is 9.60 Å².